The van der Waals surface area contributed by atoms with E-state index in [2.05, 4.69) is 26.5 Å². The molecule has 0 N–H and O–H groups in total. The Morgan fingerprint density at radius 3 is 2.32 bits per heavy atom. The van der Waals surface area contributed by atoms with Crippen LogP contribution in [0.1, 0.15) is 78.1 Å². The summed E-state index contributed by atoms with van der Waals surface area (Å²) < 4.78 is 6.12. The Hall–Kier alpha value is 0.310. The van der Waals surface area contributed by atoms with E-state index in [0.717, 1.165) is 24.9 Å². The Bertz CT molecular complexity index is 209. The van der Waals surface area contributed by atoms with Crippen molar-refractivity contribution in [2.75, 3.05) is 19.0 Å². The van der Waals surface area contributed by atoms with Gasteiger partial charge in [-0.2, -0.15) is 12.6 Å². The summed E-state index contributed by atoms with van der Waals surface area (Å²) in [7, 11) is 0. The minimum absolute atomic E-state index is 0.378. The van der Waals surface area contributed by atoms with Gasteiger partial charge in [-0.3, -0.25) is 0 Å². The van der Waals surface area contributed by atoms with E-state index in [1.165, 1.54) is 64.2 Å². The highest BCUT2D eigenvalue weighted by Gasteiger charge is 2.30. The van der Waals surface area contributed by atoms with E-state index >= 15 is 0 Å². The highest BCUT2D eigenvalue weighted by molar-refractivity contribution is 7.80. The number of unbranched alkanes of at least 4 members (excludes halogenated alkanes) is 1. The maximum Gasteiger partial charge on any atom is 0.0530 e. The van der Waals surface area contributed by atoms with E-state index in [-0.39, 0.29) is 0 Å². The molecule has 0 spiro atoms. The fraction of sp³-hybridized carbons (Fsp3) is 1.00. The Labute approximate surface area is 126 Å². The van der Waals surface area contributed by atoms with Crippen molar-refractivity contribution in [3.05, 3.63) is 0 Å². The van der Waals surface area contributed by atoms with Crippen molar-refractivity contribution >= 4 is 12.6 Å². The molecule has 0 heterocycles. The molecule has 0 radical (unpaired) electrons. The topological polar surface area (TPSA) is 9.23 Å². The van der Waals surface area contributed by atoms with Crippen LogP contribution in [0.5, 0.6) is 0 Å². The second-order valence-electron chi connectivity index (χ2n) is 6.50. The van der Waals surface area contributed by atoms with Gasteiger partial charge in [-0.25, -0.2) is 0 Å². The van der Waals surface area contributed by atoms with Crippen LogP contribution in [-0.4, -0.2) is 19.0 Å². The van der Waals surface area contributed by atoms with Gasteiger partial charge in [-0.05, 0) is 30.9 Å². The number of rotatable bonds is 9. The van der Waals surface area contributed by atoms with Gasteiger partial charge in [0, 0.05) is 12.0 Å². The van der Waals surface area contributed by atoms with Crippen molar-refractivity contribution in [3.63, 3.8) is 0 Å². The Morgan fingerprint density at radius 1 is 1.11 bits per heavy atom. The molecule has 0 aliphatic heterocycles. The van der Waals surface area contributed by atoms with Gasteiger partial charge in [0.05, 0.1) is 6.61 Å². The molecule has 1 rings (SSSR count). The third-order valence-electron chi connectivity index (χ3n) is 4.80. The summed E-state index contributed by atoms with van der Waals surface area (Å²) in [4.78, 5) is 0. The number of ether oxygens (including phenoxy) is 1. The van der Waals surface area contributed by atoms with E-state index in [9.17, 15) is 0 Å². The zero-order valence-electron chi connectivity index (χ0n) is 13.1. The molecule has 1 fully saturated rings. The van der Waals surface area contributed by atoms with Crippen molar-refractivity contribution in [2.45, 2.75) is 78.1 Å². The van der Waals surface area contributed by atoms with Gasteiger partial charge in [0.25, 0.3) is 0 Å². The van der Waals surface area contributed by atoms with Crippen molar-refractivity contribution in [3.8, 4) is 0 Å². The number of hydrogen-bond acceptors (Lipinski definition) is 2. The molecule has 1 aliphatic carbocycles. The molecule has 0 saturated heterocycles. The molecule has 2 heteroatoms. The SMILES string of the molecule is CCCCC(CC)COCC1(CS)CCCCCC1. The lowest BCUT2D eigenvalue weighted by molar-refractivity contribution is 0.0250. The summed E-state index contributed by atoms with van der Waals surface area (Å²) >= 11 is 4.62. The Balaban J connectivity index is 2.31. The number of hydrogen-bond donors (Lipinski definition) is 1. The minimum atomic E-state index is 0.378. The van der Waals surface area contributed by atoms with Crippen molar-refractivity contribution < 1.29 is 4.74 Å². The van der Waals surface area contributed by atoms with Gasteiger partial charge in [-0.15, -0.1) is 0 Å². The van der Waals surface area contributed by atoms with Crippen molar-refractivity contribution in [2.24, 2.45) is 11.3 Å². The molecule has 1 atom stereocenters. The molecular weight excluding hydrogens is 252 g/mol. The quantitative estimate of drug-likeness (QED) is 0.435. The summed E-state index contributed by atoms with van der Waals surface area (Å²) in [6.45, 7) is 6.48. The van der Waals surface area contributed by atoms with Crippen LogP contribution in [-0.2, 0) is 4.74 Å². The first-order valence-corrected chi connectivity index (χ1v) is 9.08. The molecule has 0 aromatic carbocycles. The lowest BCUT2D eigenvalue weighted by Crippen LogP contribution is -2.29. The van der Waals surface area contributed by atoms with Crippen molar-refractivity contribution in [1.29, 1.82) is 0 Å². The van der Waals surface area contributed by atoms with Crippen LogP contribution in [0, 0.1) is 11.3 Å². The smallest absolute Gasteiger partial charge is 0.0530 e. The Kier molecular flexibility index (Phi) is 9.23. The molecule has 1 saturated carbocycles. The lowest BCUT2D eigenvalue weighted by atomic mass is 9.83. The average Bonchev–Trinajstić information content (AvgIpc) is 2.69. The second-order valence-corrected chi connectivity index (χ2v) is 6.82. The molecule has 0 bridgehead atoms. The van der Waals surface area contributed by atoms with E-state index < -0.39 is 0 Å². The van der Waals surface area contributed by atoms with E-state index in [4.69, 9.17) is 4.74 Å². The van der Waals surface area contributed by atoms with Crippen LogP contribution < -0.4 is 0 Å². The van der Waals surface area contributed by atoms with Crippen LogP contribution in [0.15, 0.2) is 0 Å². The summed E-state index contributed by atoms with van der Waals surface area (Å²) in [5, 5.41) is 0. The van der Waals surface area contributed by atoms with E-state index in [1.54, 1.807) is 0 Å². The molecule has 19 heavy (non-hydrogen) atoms. The number of thiol groups is 1. The third-order valence-corrected chi connectivity index (χ3v) is 5.48. The molecule has 0 aromatic rings. The third kappa shape index (κ3) is 6.53. The van der Waals surface area contributed by atoms with Gasteiger partial charge in [0.1, 0.15) is 0 Å². The van der Waals surface area contributed by atoms with Crippen LogP contribution >= 0.6 is 12.6 Å². The molecule has 1 nitrogen and oxygen atoms in total. The van der Waals surface area contributed by atoms with Gasteiger partial charge >= 0.3 is 0 Å². The van der Waals surface area contributed by atoms with Gasteiger partial charge in [0.15, 0.2) is 0 Å². The fourth-order valence-corrected chi connectivity index (χ4v) is 3.57. The lowest BCUT2D eigenvalue weighted by Gasteiger charge is -2.31. The molecule has 114 valence electrons. The van der Waals surface area contributed by atoms with Crippen LogP contribution in [0.2, 0.25) is 0 Å². The summed E-state index contributed by atoms with van der Waals surface area (Å²) in [5.74, 6) is 1.77. The van der Waals surface area contributed by atoms with Crippen LogP contribution in [0.4, 0.5) is 0 Å². The fourth-order valence-electron chi connectivity index (χ4n) is 3.17. The van der Waals surface area contributed by atoms with Gasteiger partial charge in [0.2, 0.25) is 0 Å². The summed E-state index contributed by atoms with van der Waals surface area (Å²) in [6, 6.07) is 0. The second kappa shape index (κ2) is 10.1. The maximum atomic E-state index is 6.12. The predicted octanol–water partition coefficient (Wildman–Crippen LogP) is 5.49. The largest absolute Gasteiger partial charge is 0.381 e. The highest BCUT2D eigenvalue weighted by Crippen LogP contribution is 2.36. The molecule has 0 aromatic heterocycles. The molecular formula is C17H34OS. The molecule has 1 aliphatic rings. The Morgan fingerprint density at radius 2 is 1.79 bits per heavy atom. The summed E-state index contributed by atoms with van der Waals surface area (Å²) in [5.41, 5.74) is 0.378. The average molecular weight is 287 g/mol. The monoisotopic (exact) mass is 286 g/mol. The van der Waals surface area contributed by atoms with Crippen LogP contribution in [0.25, 0.3) is 0 Å². The first-order chi connectivity index (χ1) is 9.26. The van der Waals surface area contributed by atoms with Crippen LogP contribution in [0.3, 0.4) is 0 Å². The van der Waals surface area contributed by atoms with E-state index in [1.807, 2.05) is 0 Å². The summed E-state index contributed by atoms with van der Waals surface area (Å²) in [6.07, 6.45) is 13.4. The van der Waals surface area contributed by atoms with Gasteiger partial charge < -0.3 is 4.74 Å². The first kappa shape index (κ1) is 17.4. The molecule has 0 amide bonds. The zero-order chi connectivity index (χ0) is 14.0. The molecule has 1 unspecified atom stereocenters. The predicted molar refractivity (Wildman–Crippen MR) is 88.1 cm³/mol. The van der Waals surface area contributed by atoms with E-state index in [0.29, 0.717) is 5.41 Å². The standard InChI is InChI=1S/C17H34OS/c1-3-5-10-16(4-2)13-18-14-17(15-19)11-8-6-7-9-12-17/h16,19H,3-15H2,1-2H3. The zero-order valence-corrected chi connectivity index (χ0v) is 14.0. The highest BCUT2D eigenvalue weighted by atomic mass is 32.1. The normalized spacial score (nSPS) is 21.0. The first-order valence-electron chi connectivity index (χ1n) is 8.45. The van der Waals surface area contributed by atoms with Crippen molar-refractivity contribution in [1.82, 2.24) is 0 Å². The maximum absolute atomic E-state index is 6.12. The van der Waals surface area contributed by atoms with Gasteiger partial charge in [-0.1, -0.05) is 58.8 Å². The minimum Gasteiger partial charge on any atom is -0.381 e.